The van der Waals surface area contributed by atoms with Crippen molar-refractivity contribution in [2.75, 3.05) is 0 Å². The van der Waals surface area contributed by atoms with Crippen molar-refractivity contribution in [3.8, 4) is 0 Å². The van der Waals surface area contributed by atoms with E-state index in [2.05, 4.69) is 94.5 Å². The van der Waals surface area contributed by atoms with Crippen molar-refractivity contribution in [1.29, 1.82) is 0 Å². The lowest BCUT2D eigenvalue weighted by Gasteiger charge is -2.05. The Morgan fingerprint density at radius 1 is 0.690 bits per heavy atom. The van der Waals surface area contributed by atoms with Crippen LogP contribution in [0.5, 0.6) is 0 Å². The van der Waals surface area contributed by atoms with Crippen molar-refractivity contribution in [3.63, 3.8) is 0 Å². The van der Waals surface area contributed by atoms with Gasteiger partial charge in [0.2, 0.25) is 11.0 Å². The van der Waals surface area contributed by atoms with Crippen LogP contribution in [0.25, 0.3) is 32.8 Å². The molecule has 5 rings (SSSR count). The fraction of sp³-hybridized carbons (Fsp3) is 0.192. The second-order valence-corrected chi connectivity index (χ2v) is 7.58. The third kappa shape index (κ3) is 4.01. The van der Waals surface area contributed by atoms with Crippen molar-refractivity contribution < 1.29 is 28.5 Å². The first-order valence-electron chi connectivity index (χ1n) is 10.3. The Kier molecular flexibility index (Phi) is 6.14. The van der Waals surface area contributed by atoms with Crippen LogP contribution in [0.3, 0.4) is 0 Å². The lowest BCUT2D eigenvalue weighted by Crippen LogP contribution is -3.00. The average Bonchev–Trinajstić information content (AvgIpc) is 3.12. The number of nitrogens with zero attached hydrogens (tertiary/aromatic N) is 1. The smallest absolute Gasteiger partial charge is 0.238 e. The number of rotatable bonds is 6. The van der Waals surface area contributed by atoms with Crippen LogP contribution in [-0.2, 0) is 13.0 Å². The number of para-hydroxylation sites is 2. The van der Waals surface area contributed by atoms with Crippen LogP contribution >= 0.6 is 0 Å². The highest BCUT2D eigenvalue weighted by atomic mass is 127. The fourth-order valence-corrected chi connectivity index (χ4v) is 4.33. The number of nitrogens with one attached hydrogen (secondary N) is 1. The molecule has 29 heavy (non-hydrogen) atoms. The lowest BCUT2D eigenvalue weighted by molar-refractivity contribution is -0.645. The molecule has 0 aliphatic rings. The van der Waals surface area contributed by atoms with Gasteiger partial charge in [-0.05, 0) is 49.1 Å². The van der Waals surface area contributed by atoms with Crippen LogP contribution in [0.1, 0.15) is 24.8 Å². The van der Waals surface area contributed by atoms with Gasteiger partial charge in [0.05, 0.1) is 10.9 Å². The first-order chi connectivity index (χ1) is 13.9. The first-order valence-corrected chi connectivity index (χ1v) is 10.3. The molecule has 0 radical (unpaired) electrons. The van der Waals surface area contributed by atoms with Gasteiger partial charge < -0.3 is 29.0 Å². The van der Waals surface area contributed by atoms with Crippen molar-refractivity contribution in [2.45, 2.75) is 32.2 Å². The van der Waals surface area contributed by atoms with Gasteiger partial charge in [0, 0.05) is 17.9 Å². The molecule has 0 bridgehead atoms. The van der Waals surface area contributed by atoms with Crippen LogP contribution in [0.15, 0.2) is 84.9 Å². The Hall–Kier alpha value is -2.40. The molecule has 3 heteroatoms. The molecule has 2 heterocycles. The monoisotopic (exact) mass is 492 g/mol. The van der Waals surface area contributed by atoms with Crippen LogP contribution in [0.2, 0.25) is 0 Å². The second-order valence-electron chi connectivity index (χ2n) is 7.58. The average molecular weight is 492 g/mol. The minimum absolute atomic E-state index is 0. The van der Waals surface area contributed by atoms with Gasteiger partial charge in [-0.3, -0.25) is 0 Å². The molecular weight excluding hydrogens is 467 g/mol. The fourth-order valence-electron chi connectivity index (χ4n) is 4.33. The molecule has 3 aromatic carbocycles. The summed E-state index contributed by atoms with van der Waals surface area (Å²) >= 11 is 0. The number of aromatic nitrogens is 2. The quantitative estimate of drug-likeness (QED) is 0.214. The summed E-state index contributed by atoms with van der Waals surface area (Å²) in [6.07, 6.45) is 4.85. The second kappa shape index (κ2) is 8.95. The third-order valence-corrected chi connectivity index (χ3v) is 5.69. The van der Waals surface area contributed by atoms with E-state index in [0.717, 1.165) is 6.54 Å². The maximum Gasteiger partial charge on any atom is 0.238 e. The van der Waals surface area contributed by atoms with Gasteiger partial charge in [0.25, 0.3) is 0 Å². The molecule has 0 amide bonds. The first kappa shape index (κ1) is 19.9. The van der Waals surface area contributed by atoms with Crippen molar-refractivity contribution in [3.05, 3.63) is 90.5 Å². The minimum Gasteiger partial charge on any atom is -1.00 e. The molecule has 0 unspecified atom stereocenters. The molecule has 0 atom stereocenters. The molecule has 1 N–H and O–H groups in total. The SMILES string of the molecule is [I-].c1ccc(CCCCC[n+]2c3ccccc3cc3[nH]c4ccccc4c32)cc1. The van der Waals surface area contributed by atoms with E-state index in [0.29, 0.717) is 0 Å². The highest BCUT2D eigenvalue weighted by Gasteiger charge is 2.19. The Morgan fingerprint density at radius 3 is 2.34 bits per heavy atom. The van der Waals surface area contributed by atoms with Crippen LogP contribution < -0.4 is 28.5 Å². The standard InChI is InChI=1S/C26H24N2.HI/c1-3-11-20(12-4-1)13-5-2-10-18-28-25-17-9-6-14-21(25)19-24-26(28)22-15-7-8-16-23(22)27-24;/h1,3-4,6-9,11-12,14-17,19H,2,5,10,13,18H2;1H. The molecule has 0 fully saturated rings. The van der Waals surface area contributed by atoms with Crippen molar-refractivity contribution >= 4 is 32.8 Å². The Bertz CT molecular complexity index is 1240. The zero-order chi connectivity index (χ0) is 18.8. The van der Waals surface area contributed by atoms with Gasteiger partial charge >= 0.3 is 0 Å². The number of unbranched alkanes of at least 4 members (excludes halogenated alkanes) is 2. The maximum absolute atomic E-state index is 3.61. The molecule has 5 aromatic rings. The number of benzene rings is 3. The molecule has 0 spiro atoms. The Morgan fingerprint density at radius 2 is 1.45 bits per heavy atom. The zero-order valence-electron chi connectivity index (χ0n) is 16.4. The summed E-state index contributed by atoms with van der Waals surface area (Å²) < 4.78 is 2.52. The highest BCUT2D eigenvalue weighted by molar-refractivity contribution is 6.05. The number of hydrogen-bond acceptors (Lipinski definition) is 0. The van der Waals surface area contributed by atoms with E-state index in [4.69, 9.17) is 0 Å². The molecular formula is C26H25IN2. The van der Waals surface area contributed by atoms with E-state index in [1.165, 1.54) is 64.1 Å². The van der Waals surface area contributed by atoms with Crippen molar-refractivity contribution in [1.82, 2.24) is 4.98 Å². The van der Waals surface area contributed by atoms with E-state index in [9.17, 15) is 0 Å². The van der Waals surface area contributed by atoms with Gasteiger partial charge in [-0.2, -0.15) is 4.57 Å². The van der Waals surface area contributed by atoms with E-state index in [1.807, 2.05) is 0 Å². The van der Waals surface area contributed by atoms with E-state index < -0.39 is 0 Å². The Balaban J connectivity index is 0.00000205. The lowest BCUT2D eigenvalue weighted by atomic mass is 10.1. The topological polar surface area (TPSA) is 19.7 Å². The summed E-state index contributed by atoms with van der Waals surface area (Å²) in [5, 5.41) is 2.61. The van der Waals surface area contributed by atoms with Crippen LogP contribution in [-0.4, -0.2) is 4.98 Å². The predicted molar refractivity (Wildman–Crippen MR) is 118 cm³/mol. The summed E-state index contributed by atoms with van der Waals surface area (Å²) in [5.74, 6) is 0. The number of fused-ring (bicyclic) bond motifs is 4. The van der Waals surface area contributed by atoms with Crippen LogP contribution in [0.4, 0.5) is 0 Å². The molecule has 0 aliphatic carbocycles. The highest BCUT2D eigenvalue weighted by Crippen LogP contribution is 2.25. The third-order valence-electron chi connectivity index (χ3n) is 5.69. The predicted octanol–water partition coefficient (Wildman–Crippen LogP) is 3.18. The number of halogens is 1. The van der Waals surface area contributed by atoms with E-state index in [-0.39, 0.29) is 24.0 Å². The Labute approximate surface area is 188 Å². The number of aryl methyl sites for hydroxylation is 2. The summed E-state index contributed by atoms with van der Waals surface area (Å²) in [6, 6.07) is 30.5. The number of pyridine rings is 1. The van der Waals surface area contributed by atoms with E-state index in [1.54, 1.807) is 0 Å². The normalized spacial score (nSPS) is 11.2. The molecule has 2 aromatic heterocycles. The molecule has 0 aliphatic heterocycles. The summed E-state index contributed by atoms with van der Waals surface area (Å²) in [5.41, 5.74) is 6.54. The van der Waals surface area contributed by atoms with Gasteiger partial charge in [0.15, 0.2) is 0 Å². The summed E-state index contributed by atoms with van der Waals surface area (Å²) in [4.78, 5) is 3.61. The van der Waals surface area contributed by atoms with Crippen molar-refractivity contribution in [2.24, 2.45) is 0 Å². The summed E-state index contributed by atoms with van der Waals surface area (Å²) in [6.45, 7) is 1.05. The summed E-state index contributed by atoms with van der Waals surface area (Å²) in [7, 11) is 0. The molecule has 2 nitrogen and oxygen atoms in total. The minimum atomic E-state index is 0. The number of hydrogen-bond donors (Lipinski definition) is 1. The van der Waals surface area contributed by atoms with Gasteiger partial charge in [-0.15, -0.1) is 0 Å². The zero-order valence-corrected chi connectivity index (χ0v) is 18.6. The van der Waals surface area contributed by atoms with Crippen LogP contribution in [0, 0.1) is 0 Å². The largest absolute Gasteiger partial charge is 1.00 e. The van der Waals surface area contributed by atoms with Gasteiger partial charge in [-0.1, -0.05) is 54.6 Å². The number of H-pyrrole nitrogens is 1. The molecule has 0 saturated carbocycles. The molecule has 0 saturated heterocycles. The maximum atomic E-state index is 3.61. The number of aromatic amines is 1. The van der Waals surface area contributed by atoms with E-state index >= 15 is 0 Å². The van der Waals surface area contributed by atoms with Gasteiger partial charge in [0.1, 0.15) is 12.1 Å². The molecule has 146 valence electrons. The van der Waals surface area contributed by atoms with Gasteiger partial charge in [-0.25, -0.2) is 0 Å².